The van der Waals surface area contributed by atoms with Gasteiger partial charge in [0.05, 0.1) is 12.7 Å². The van der Waals surface area contributed by atoms with E-state index in [1.54, 1.807) is 0 Å². The Hall–Kier alpha value is -1.10. The van der Waals surface area contributed by atoms with Crippen molar-refractivity contribution >= 4 is 0 Å². The molecule has 2 heterocycles. The van der Waals surface area contributed by atoms with Crippen molar-refractivity contribution in [2.45, 2.75) is 38.8 Å². The molecule has 0 amide bonds. The molecule has 1 aromatic carbocycles. The summed E-state index contributed by atoms with van der Waals surface area (Å²) in [5.74, 6) is 1.83. The van der Waals surface area contributed by atoms with E-state index >= 15 is 0 Å². The van der Waals surface area contributed by atoms with E-state index in [9.17, 15) is 5.11 Å². The number of aliphatic hydroxyl groups is 1. The van der Waals surface area contributed by atoms with Crippen molar-refractivity contribution in [3.63, 3.8) is 0 Å². The number of nitrogens with zero attached hydrogens (tertiary/aromatic N) is 1. The van der Waals surface area contributed by atoms with Gasteiger partial charge >= 0.3 is 0 Å². The molecule has 2 aliphatic rings. The van der Waals surface area contributed by atoms with Crippen LogP contribution in [-0.2, 0) is 13.0 Å². The fourth-order valence-corrected chi connectivity index (χ4v) is 3.52. The van der Waals surface area contributed by atoms with Gasteiger partial charge in [0.15, 0.2) is 0 Å². The van der Waals surface area contributed by atoms with Crippen LogP contribution in [0.3, 0.4) is 0 Å². The Kier molecular flexibility index (Phi) is 5.34. The lowest BCUT2D eigenvalue weighted by molar-refractivity contribution is 0.0998. The largest absolute Gasteiger partial charge is 0.493 e. The zero-order valence-electron chi connectivity index (χ0n) is 13.6. The first kappa shape index (κ1) is 15.8. The van der Waals surface area contributed by atoms with Gasteiger partial charge in [-0.05, 0) is 62.5 Å². The third-order valence-electron chi connectivity index (χ3n) is 4.75. The first-order valence-corrected chi connectivity index (χ1v) is 8.56. The highest BCUT2D eigenvalue weighted by atomic mass is 16.5. The summed E-state index contributed by atoms with van der Waals surface area (Å²) < 4.78 is 5.55. The number of fused-ring (bicyclic) bond motifs is 1. The van der Waals surface area contributed by atoms with E-state index in [2.05, 4.69) is 28.4 Å². The summed E-state index contributed by atoms with van der Waals surface area (Å²) in [7, 11) is 0. The lowest BCUT2D eigenvalue weighted by atomic mass is 9.96. The highest BCUT2D eigenvalue weighted by Crippen LogP contribution is 2.25. The average molecular weight is 304 g/mol. The van der Waals surface area contributed by atoms with Crippen LogP contribution in [0.5, 0.6) is 5.75 Å². The van der Waals surface area contributed by atoms with E-state index in [1.165, 1.54) is 24.0 Å². The minimum Gasteiger partial charge on any atom is -0.493 e. The molecule has 0 bridgehead atoms. The summed E-state index contributed by atoms with van der Waals surface area (Å²) in [5.41, 5.74) is 2.71. The molecule has 2 aliphatic heterocycles. The van der Waals surface area contributed by atoms with E-state index < -0.39 is 0 Å². The molecular formula is C18H28N2O2. The van der Waals surface area contributed by atoms with Crippen molar-refractivity contribution in [2.24, 2.45) is 5.92 Å². The molecule has 0 unspecified atom stereocenters. The maximum atomic E-state index is 9.44. The van der Waals surface area contributed by atoms with Crippen molar-refractivity contribution in [3.8, 4) is 5.75 Å². The van der Waals surface area contributed by atoms with E-state index in [0.29, 0.717) is 0 Å². The normalized spacial score (nSPS) is 20.6. The predicted octanol–water partition coefficient (Wildman–Crippen LogP) is 1.80. The van der Waals surface area contributed by atoms with Gasteiger partial charge in [0.2, 0.25) is 0 Å². The Balaban J connectivity index is 1.37. The van der Waals surface area contributed by atoms with Crippen LogP contribution in [0.4, 0.5) is 0 Å². The Bertz CT molecular complexity index is 482. The van der Waals surface area contributed by atoms with Crippen molar-refractivity contribution in [1.82, 2.24) is 10.2 Å². The Labute approximate surface area is 133 Å². The molecule has 0 radical (unpaired) electrons. The molecule has 0 aromatic heterocycles. The van der Waals surface area contributed by atoms with Crippen molar-refractivity contribution in [3.05, 3.63) is 29.3 Å². The summed E-state index contributed by atoms with van der Waals surface area (Å²) in [4.78, 5) is 2.38. The minimum absolute atomic E-state index is 0.210. The van der Waals surface area contributed by atoms with Crippen LogP contribution in [0.2, 0.25) is 0 Å². The molecule has 1 aromatic rings. The summed E-state index contributed by atoms with van der Waals surface area (Å²) in [6.07, 6.45) is 3.30. The quantitative estimate of drug-likeness (QED) is 0.841. The van der Waals surface area contributed by atoms with Crippen LogP contribution in [0.15, 0.2) is 18.2 Å². The van der Waals surface area contributed by atoms with Crippen LogP contribution in [-0.4, -0.2) is 48.9 Å². The Morgan fingerprint density at radius 2 is 2.18 bits per heavy atom. The SMILES string of the molecule is C[C@@H](O)CN1CCC(CNCc2ccc3c(c2)CCO3)CC1. The third kappa shape index (κ3) is 4.22. The summed E-state index contributed by atoms with van der Waals surface area (Å²) in [6.45, 7) is 7.79. The van der Waals surface area contributed by atoms with Gasteiger partial charge in [-0.2, -0.15) is 0 Å². The monoisotopic (exact) mass is 304 g/mol. The smallest absolute Gasteiger partial charge is 0.122 e. The number of hydrogen-bond donors (Lipinski definition) is 2. The van der Waals surface area contributed by atoms with Crippen molar-refractivity contribution in [2.75, 3.05) is 32.8 Å². The van der Waals surface area contributed by atoms with Crippen molar-refractivity contribution in [1.29, 1.82) is 0 Å². The molecule has 1 saturated heterocycles. The summed E-state index contributed by atoms with van der Waals surface area (Å²) in [5, 5.41) is 13.1. The predicted molar refractivity (Wildman–Crippen MR) is 88.2 cm³/mol. The van der Waals surface area contributed by atoms with E-state index in [1.807, 2.05) is 6.92 Å². The van der Waals surface area contributed by atoms with Crippen LogP contribution in [0.1, 0.15) is 30.9 Å². The number of aliphatic hydroxyl groups excluding tert-OH is 1. The van der Waals surface area contributed by atoms with Gasteiger partial charge in [-0.15, -0.1) is 0 Å². The molecule has 0 aliphatic carbocycles. The molecular weight excluding hydrogens is 276 g/mol. The van der Waals surface area contributed by atoms with Gasteiger partial charge in [-0.1, -0.05) is 12.1 Å². The molecule has 4 heteroatoms. The standard InChI is InChI=1S/C18H28N2O2/c1-14(21)13-20-7-4-15(5-8-20)11-19-12-16-2-3-18-17(10-16)6-9-22-18/h2-3,10,14-15,19,21H,4-9,11-13H2,1H3/t14-/m1/s1. The second kappa shape index (κ2) is 7.44. The molecule has 4 nitrogen and oxygen atoms in total. The van der Waals surface area contributed by atoms with Crippen LogP contribution >= 0.6 is 0 Å². The average Bonchev–Trinajstić information content (AvgIpc) is 2.96. The third-order valence-corrected chi connectivity index (χ3v) is 4.75. The first-order valence-electron chi connectivity index (χ1n) is 8.56. The zero-order valence-corrected chi connectivity index (χ0v) is 13.6. The van der Waals surface area contributed by atoms with E-state index in [0.717, 1.165) is 57.4 Å². The van der Waals surface area contributed by atoms with Gasteiger partial charge < -0.3 is 20.1 Å². The first-order chi connectivity index (χ1) is 10.7. The van der Waals surface area contributed by atoms with Gasteiger partial charge in [0.1, 0.15) is 5.75 Å². The van der Waals surface area contributed by atoms with E-state index in [4.69, 9.17) is 4.74 Å². The number of piperidine rings is 1. The topological polar surface area (TPSA) is 44.7 Å². The van der Waals surface area contributed by atoms with Crippen LogP contribution in [0, 0.1) is 5.92 Å². The Morgan fingerprint density at radius 1 is 1.36 bits per heavy atom. The number of hydrogen-bond acceptors (Lipinski definition) is 4. The molecule has 1 fully saturated rings. The molecule has 0 saturated carbocycles. The number of benzene rings is 1. The van der Waals surface area contributed by atoms with Crippen molar-refractivity contribution < 1.29 is 9.84 Å². The maximum Gasteiger partial charge on any atom is 0.122 e. The number of nitrogens with one attached hydrogen (secondary N) is 1. The van der Waals surface area contributed by atoms with Crippen LogP contribution < -0.4 is 10.1 Å². The molecule has 0 spiro atoms. The van der Waals surface area contributed by atoms with Gasteiger partial charge in [0.25, 0.3) is 0 Å². The lowest BCUT2D eigenvalue weighted by Crippen LogP contribution is -2.40. The summed E-state index contributed by atoms with van der Waals surface area (Å²) in [6, 6.07) is 6.55. The van der Waals surface area contributed by atoms with Gasteiger partial charge in [-0.25, -0.2) is 0 Å². The minimum atomic E-state index is -0.210. The second-order valence-corrected chi connectivity index (χ2v) is 6.76. The number of β-amino-alcohol motifs (C(OH)–C–C–N with tert-alkyl or cyclic N) is 1. The zero-order chi connectivity index (χ0) is 15.4. The fourth-order valence-electron chi connectivity index (χ4n) is 3.52. The number of likely N-dealkylation sites (tertiary alicyclic amines) is 1. The molecule has 122 valence electrons. The fraction of sp³-hybridized carbons (Fsp3) is 0.667. The molecule has 1 atom stereocenters. The van der Waals surface area contributed by atoms with Gasteiger partial charge in [0, 0.05) is 19.5 Å². The molecule has 3 rings (SSSR count). The van der Waals surface area contributed by atoms with Gasteiger partial charge in [-0.3, -0.25) is 0 Å². The Morgan fingerprint density at radius 3 is 2.95 bits per heavy atom. The second-order valence-electron chi connectivity index (χ2n) is 6.76. The summed E-state index contributed by atoms with van der Waals surface area (Å²) >= 11 is 0. The lowest BCUT2D eigenvalue weighted by Gasteiger charge is -2.32. The molecule has 22 heavy (non-hydrogen) atoms. The highest BCUT2D eigenvalue weighted by molar-refractivity contribution is 5.39. The number of ether oxygens (including phenoxy) is 1. The highest BCUT2D eigenvalue weighted by Gasteiger charge is 2.19. The van der Waals surface area contributed by atoms with E-state index in [-0.39, 0.29) is 6.10 Å². The number of rotatable bonds is 6. The molecule has 2 N–H and O–H groups in total. The van der Waals surface area contributed by atoms with Crippen LogP contribution in [0.25, 0.3) is 0 Å². The maximum absolute atomic E-state index is 9.44.